The molecule has 0 aromatic rings. The van der Waals surface area contributed by atoms with E-state index in [1.807, 2.05) is 20.8 Å². The SMILES string of the molecule is C=CCC(NC(=O)NC(C)(CC)CC)C(=O)O. The van der Waals surface area contributed by atoms with E-state index in [9.17, 15) is 9.59 Å². The van der Waals surface area contributed by atoms with Gasteiger partial charge in [-0.15, -0.1) is 6.58 Å². The van der Waals surface area contributed by atoms with Crippen LogP contribution in [0.5, 0.6) is 0 Å². The molecule has 0 bridgehead atoms. The normalized spacial score (nSPS) is 12.6. The molecule has 1 unspecified atom stereocenters. The fourth-order valence-corrected chi connectivity index (χ4v) is 1.28. The summed E-state index contributed by atoms with van der Waals surface area (Å²) in [5.41, 5.74) is -0.304. The second-order valence-electron chi connectivity index (χ2n) is 4.28. The molecular formula is C12H22N2O3. The Morgan fingerprint density at radius 1 is 1.41 bits per heavy atom. The number of carbonyl (C=O) groups is 2. The Hall–Kier alpha value is -1.52. The first kappa shape index (κ1) is 15.5. The van der Waals surface area contributed by atoms with Crippen molar-refractivity contribution in [1.82, 2.24) is 10.6 Å². The van der Waals surface area contributed by atoms with Crippen LogP contribution in [0.4, 0.5) is 4.79 Å². The van der Waals surface area contributed by atoms with Gasteiger partial charge in [0.15, 0.2) is 0 Å². The van der Waals surface area contributed by atoms with Crippen LogP contribution in [-0.2, 0) is 4.79 Å². The fourth-order valence-electron chi connectivity index (χ4n) is 1.28. The van der Waals surface area contributed by atoms with E-state index in [0.29, 0.717) is 0 Å². The van der Waals surface area contributed by atoms with Crippen LogP contribution in [0, 0.1) is 0 Å². The highest BCUT2D eigenvalue weighted by Crippen LogP contribution is 2.13. The van der Waals surface area contributed by atoms with Crippen LogP contribution < -0.4 is 10.6 Å². The van der Waals surface area contributed by atoms with Crippen LogP contribution in [0.15, 0.2) is 12.7 Å². The van der Waals surface area contributed by atoms with Crippen molar-refractivity contribution in [3.8, 4) is 0 Å². The van der Waals surface area contributed by atoms with E-state index in [1.165, 1.54) is 6.08 Å². The lowest BCUT2D eigenvalue weighted by molar-refractivity contribution is -0.139. The Morgan fingerprint density at radius 2 is 1.94 bits per heavy atom. The van der Waals surface area contributed by atoms with E-state index < -0.39 is 18.0 Å². The molecule has 0 fully saturated rings. The van der Waals surface area contributed by atoms with Crippen LogP contribution in [0.25, 0.3) is 0 Å². The van der Waals surface area contributed by atoms with E-state index >= 15 is 0 Å². The van der Waals surface area contributed by atoms with Crippen LogP contribution in [0.1, 0.15) is 40.0 Å². The molecule has 0 saturated carbocycles. The number of rotatable bonds is 7. The summed E-state index contributed by atoms with van der Waals surface area (Å²) in [5.74, 6) is -1.06. The molecule has 17 heavy (non-hydrogen) atoms. The Bertz CT molecular complexity index is 285. The number of hydrogen-bond donors (Lipinski definition) is 3. The monoisotopic (exact) mass is 242 g/mol. The van der Waals surface area contributed by atoms with Crippen molar-refractivity contribution in [3.05, 3.63) is 12.7 Å². The number of urea groups is 1. The molecule has 0 aromatic carbocycles. The number of amides is 2. The summed E-state index contributed by atoms with van der Waals surface area (Å²) in [6.45, 7) is 9.34. The summed E-state index contributed by atoms with van der Waals surface area (Å²) in [5, 5.41) is 14.1. The summed E-state index contributed by atoms with van der Waals surface area (Å²) in [4.78, 5) is 22.5. The molecule has 0 saturated heterocycles. The van der Waals surface area contributed by atoms with Gasteiger partial charge in [0.2, 0.25) is 0 Å². The molecule has 0 aromatic heterocycles. The van der Waals surface area contributed by atoms with Crippen molar-refractivity contribution in [3.63, 3.8) is 0 Å². The van der Waals surface area contributed by atoms with Crippen molar-refractivity contribution < 1.29 is 14.7 Å². The second-order valence-corrected chi connectivity index (χ2v) is 4.28. The van der Waals surface area contributed by atoms with Crippen molar-refractivity contribution >= 4 is 12.0 Å². The van der Waals surface area contributed by atoms with Crippen molar-refractivity contribution in [2.45, 2.75) is 51.6 Å². The Morgan fingerprint density at radius 3 is 2.29 bits per heavy atom. The maximum Gasteiger partial charge on any atom is 0.326 e. The molecule has 0 aliphatic carbocycles. The van der Waals surface area contributed by atoms with Crippen LogP contribution in [0.3, 0.4) is 0 Å². The van der Waals surface area contributed by atoms with Gasteiger partial charge in [0, 0.05) is 5.54 Å². The van der Waals surface area contributed by atoms with Crippen LogP contribution in [0.2, 0.25) is 0 Å². The predicted molar refractivity (Wildman–Crippen MR) is 66.9 cm³/mol. The molecule has 2 amide bonds. The molecule has 0 spiro atoms. The Labute approximate surface area is 102 Å². The molecule has 1 atom stereocenters. The van der Waals surface area contributed by atoms with E-state index in [0.717, 1.165) is 12.8 Å². The largest absolute Gasteiger partial charge is 0.480 e. The molecule has 0 aliphatic rings. The first-order valence-electron chi connectivity index (χ1n) is 5.81. The highest BCUT2D eigenvalue weighted by molar-refractivity contribution is 5.82. The quantitative estimate of drug-likeness (QED) is 0.596. The summed E-state index contributed by atoms with van der Waals surface area (Å²) in [6, 6.07) is -1.38. The minimum absolute atomic E-state index is 0.206. The summed E-state index contributed by atoms with van der Waals surface area (Å²) in [6.07, 6.45) is 3.25. The van der Waals surface area contributed by atoms with E-state index in [-0.39, 0.29) is 12.0 Å². The number of hydrogen-bond acceptors (Lipinski definition) is 2. The van der Waals surface area contributed by atoms with Crippen molar-refractivity contribution in [1.29, 1.82) is 0 Å². The zero-order valence-corrected chi connectivity index (χ0v) is 10.7. The van der Waals surface area contributed by atoms with E-state index in [4.69, 9.17) is 5.11 Å². The molecule has 0 aliphatic heterocycles. The molecule has 0 rings (SSSR count). The number of carbonyl (C=O) groups excluding carboxylic acids is 1. The van der Waals surface area contributed by atoms with Gasteiger partial charge in [-0.3, -0.25) is 0 Å². The molecule has 98 valence electrons. The van der Waals surface area contributed by atoms with Crippen molar-refractivity contribution in [2.75, 3.05) is 0 Å². The van der Waals surface area contributed by atoms with Gasteiger partial charge in [-0.05, 0) is 26.2 Å². The Balaban J connectivity index is 4.42. The van der Waals surface area contributed by atoms with Crippen LogP contribution in [-0.4, -0.2) is 28.7 Å². The standard InChI is InChI=1S/C12H22N2O3/c1-5-8-9(10(15)16)13-11(17)14-12(4,6-2)7-3/h5,9H,1,6-8H2,2-4H3,(H,15,16)(H2,13,14,17). The number of carboxylic acids is 1. The maximum absolute atomic E-state index is 11.6. The lowest BCUT2D eigenvalue weighted by atomic mass is 9.96. The molecule has 5 heteroatoms. The smallest absolute Gasteiger partial charge is 0.326 e. The van der Waals surface area contributed by atoms with Gasteiger partial charge in [-0.25, -0.2) is 9.59 Å². The van der Waals surface area contributed by atoms with Gasteiger partial charge in [0.25, 0.3) is 0 Å². The molecular weight excluding hydrogens is 220 g/mol. The Kier molecular flexibility index (Phi) is 6.31. The second kappa shape index (κ2) is 6.93. The molecule has 0 radical (unpaired) electrons. The number of aliphatic carboxylic acids is 1. The van der Waals surface area contributed by atoms with Gasteiger partial charge in [-0.2, -0.15) is 0 Å². The third-order valence-electron chi connectivity index (χ3n) is 2.98. The fraction of sp³-hybridized carbons (Fsp3) is 0.667. The van der Waals surface area contributed by atoms with E-state index in [2.05, 4.69) is 17.2 Å². The van der Waals surface area contributed by atoms with Gasteiger partial charge >= 0.3 is 12.0 Å². The number of nitrogens with one attached hydrogen (secondary N) is 2. The predicted octanol–water partition coefficient (Wildman–Crippen LogP) is 1.89. The minimum Gasteiger partial charge on any atom is -0.480 e. The zero-order valence-electron chi connectivity index (χ0n) is 10.7. The van der Waals surface area contributed by atoms with Gasteiger partial charge < -0.3 is 15.7 Å². The highest BCUT2D eigenvalue weighted by atomic mass is 16.4. The average molecular weight is 242 g/mol. The van der Waals surface area contributed by atoms with E-state index in [1.54, 1.807) is 0 Å². The van der Waals surface area contributed by atoms with Gasteiger partial charge in [0.05, 0.1) is 0 Å². The first-order chi connectivity index (χ1) is 7.88. The minimum atomic E-state index is -1.06. The molecule has 5 nitrogen and oxygen atoms in total. The topological polar surface area (TPSA) is 78.4 Å². The maximum atomic E-state index is 11.6. The lowest BCUT2D eigenvalue weighted by Crippen LogP contribution is -2.53. The van der Waals surface area contributed by atoms with Crippen molar-refractivity contribution in [2.24, 2.45) is 0 Å². The molecule has 0 heterocycles. The molecule has 3 N–H and O–H groups in total. The average Bonchev–Trinajstić information content (AvgIpc) is 2.28. The summed E-state index contributed by atoms with van der Waals surface area (Å²) >= 11 is 0. The van der Waals surface area contributed by atoms with Gasteiger partial charge in [0.1, 0.15) is 6.04 Å². The third-order valence-corrected chi connectivity index (χ3v) is 2.98. The summed E-state index contributed by atoms with van der Waals surface area (Å²) < 4.78 is 0. The summed E-state index contributed by atoms with van der Waals surface area (Å²) in [7, 11) is 0. The lowest BCUT2D eigenvalue weighted by Gasteiger charge is -2.29. The zero-order chi connectivity index (χ0) is 13.5. The first-order valence-corrected chi connectivity index (χ1v) is 5.81. The van der Waals surface area contributed by atoms with Crippen LogP contribution >= 0.6 is 0 Å². The highest BCUT2D eigenvalue weighted by Gasteiger charge is 2.24. The van der Waals surface area contributed by atoms with Gasteiger partial charge in [-0.1, -0.05) is 19.9 Å². The third kappa shape index (κ3) is 5.38. The number of carboxylic acid groups (broad SMARTS) is 1.